The van der Waals surface area contributed by atoms with E-state index in [0.717, 1.165) is 15.2 Å². The highest BCUT2D eigenvalue weighted by atomic mass is 19.1. The van der Waals surface area contributed by atoms with Crippen molar-refractivity contribution in [3.63, 3.8) is 0 Å². The van der Waals surface area contributed by atoms with E-state index in [2.05, 4.69) is 10.3 Å². The van der Waals surface area contributed by atoms with Crippen molar-refractivity contribution in [1.29, 1.82) is 0 Å². The summed E-state index contributed by atoms with van der Waals surface area (Å²) in [7, 11) is 2.71. The van der Waals surface area contributed by atoms with Crippen LogP contribution in [0.2, 0.25) is 0 Å². The summed E-state index contributed by atoms with van der Waals surface area (Å²) >= 11 is 0. The fourth-order valence-corrected chi connectivity index (χ4v) is 3.15. The Morgan fingerprint density at radius 3 is 2.36 bits per heavy atom. The molecule has 0 radical (unpaired) electrons. The van der Waals surface area contributed by atoms with Crippen LogP contribution in [0.5, 0.6) is 0 Å². The number of Topliss-reactive ketones (excluding diaryl/α,β-unsaturated/α-hetero) is 1. The Bertz CT molecular complexity index is 1330. The molecule has 4 rings (SSSR count). The summed E-state index contributed by atoms with van der Waals surface area (Å²) in [5, 5.41) is 2.70. The van der Waals surface area contributed by atoms with Crippen LogP contribution >= 0.6 is 0 Å². The molecule has 140 valence electrons. The smallest absolute Gasteiger partial charge is 0.332 e. The van der Waals surface area contributed by atoms with Gasteiger partial charge in [-0.2, -0.15) is 0 Å². The number of carbonyl (C=O) groups excluding carboxylic acids is 2. The summed E-state index contributed by atoms with van der Waals surface area (Å²) in [4.78, 5) is 54.4. The average Bonchev–Trinajstić information content (AvgIpc) is 2.69. The van der Waals surface area contributed by atoms with E-state index in [9.17, 15) is 23.6 Å². The number of aryl methyl sites for hydroxylation is 1. The maximum absolute atomic E-state index is 13.1. The van der Waals surface area contributed by atoms with Crippen molar-refractivity contribution < 1.29 is 14.0 Å². The molecule has 8 nitrogen and oxygen atoms in total. The zero-order valence-electron chi connectivity index (χ0n) is 14.8. The number of benzene rings is 1. The summed E-state index contributed by atoms with van der Waals surface area (Å²) in [5.41, 5.74) is -0.996. The predicted molar refractivity (Wildman–Crippen MR) is 99.0 cm³/mol. The number of hydrogen-bond acceptors (Lipinski definition) is 6. The molecule has 28 heavy (non-hydrogen) atoms. The maximum atomic E-state index is 13.1. The average molecular weight is 380 g/mol. The third-order valence-corrected chi connectivity index (χ3v) is 4.60. The molecule has 0 aliphatic heterocycles. The van der Waals surface area contributed by atoms with Crippen molar-refractivity contribution in [3.8, 4) is 0 Å². The molecular weight excluding hydrogens is 367 g/mol. The number of allylic oxidation sites excluding steroid dienone is 2. The van der Waals surface area contributed by atoms with Gasteiger partial charge in [0.15, 0.2) is 5.78 Å². The monoisotopic (exact) mass is 380 g/mol. The summed E-state index contributed by atoms with van der Waals surface area (Å²) in [6.45, 7) is 0. The Kier molecular flexibility index (Phi) is 3.81. The molecule has 0 atom stereocenters. The molecule has 0 saturated heterocycles. The van der Waals surface area contributed by atoms with Gasteiger partial charge in [0.25, 0.3) is 5.56 Å². The molecule has 0 bridgehead atoms. The van der Waals surface area contributed by atoms with Crippen LogP contribution in [0.4, 0.5) is 10.1 Å². The molecule has 0 amide bonds. The molecule has 2 aromatic heterocycles. The zero-order valence-corrected chi connectivity index (χ0v) is 14.8. The zero-order chi connectivity index (χ0) is 20.2. The number of hydrogen-bond donors (Lipinski definition) is 1. The van der Waals surface area contributed by atoms with Gasteiger partial charge in [-0.1, -0.05) is 0 Å². The first kappa shape index (κ1) is 17.5. The lowest BCUT2D eigenvalue weighted by atomic mass is 9.92. The lowest BCUT2D eigenvalue weighted by Gasteiger charge is -2.18. The van der Waals surface area contributed by atoms with Gasteiger partial charge >= 0.3 is 5.69 Å². The Morgan fingerprint density at radius 2 is 1.68 bits per heavy atom. The first-order valence-corrected chi connectivity index (χ1v) is 8.21. The largest absolute Gasteiger partial charge is 0.352 e. The number of nitrogens with zero attached hydrogens (tertiary/aromatic N) is 3. The third-order valence-electron chi connectivity index (χ3n) is 4.60. The van der Waals surface area contributed by atoms with Gasteiger partial charge in [-0.15, -0.1) is 0 Å². The van der Waals surface area contributed by atoms with Crippen molar-refractivity contribution in [2.75, 3.05) is 5.32 Å². The number of rotatable bonds is 2. The van der Waals surface area contributed by atoms with Crippen molar-refractivity contribution in [3.05, 3.63) is 80.0 Å². The van der Waals surface area contributed by atoms with Gasteiger partial charge in [0.1, 0.15) is 11.5 Å². The second-order valence-corrected chi connectivity index (χ2v) is 6.33. The Morgan fingerprint density at radius 1 is 1.00 bits per heavy atom. The fraction of sp³-hybridized carbons (Fsp3) is 0.105. The van der Waals surface area contributed by atoms with E-state index in [1.807, 2.05) is 0 Å². The van der Waals surface area contributed by atoms with Gasteiger partial charge < -0.3 is 5.32 Å². The molecule has 1 aliphatic rings. The third kappa shape index (κ3) is 2.48. The van der Waals surface area contributed by atoms with Crippen LogP contribution < -0.4 is 16.6 Å². The van der Waals surface area contributed by atoms with Crippen molar-refractivity contribution in [1.82, 2.24) is 14.1 Å². The summed E-state index contributed by atoms with van der Waals surface area (Å²) < 4.78 is 15.1. The second-order valence-electron chi connectivity index (χ2n) is 6.33. The number of ketones is 2. The lowest BCUT2D eigenvalue weighted by Crippen LogP contribution is -2.38. The number of carbonyl (C=O) groups is 2. The van der Waals surface area contributed by atoms with Gasteiger partial charge in [0.2, 0.25) is 5.78 Å². The van der Waals surface area contributed by atoms with Crippen LogP contribution in [0.3, 0.4) is 0 Å². The van der Waals surface area contributed by atoms with E-state index in [4.69, 9.17) is 0 Å². The van der Waals surface area contributed by atoms with E-state index in [1.54, 1.807) is 0 Å². The van der Waals surface area contributed by atoms with Crippen LogP contribution in [0.1, 0.15) is 20.7 Å². The Balaban J connectivity index is 1.90. The summed E-state index contributed by atoms with van der Waals surface area (Å²) in [5.74, 6) is -1.54. The number of nitrogens with one attached hydrogen (secondary N) is 1. The van der Waals surface area contributed by atoms with Gasteiger partial charge in [-0.3, -0.25) is 23.5 Å². The molecule has 0 spiro atoms. The highest BCUT2D eigenvalue weighted by Gasteiger charge is 2.30. The van der Waals surface area contributed by atoms with Gasteiger partial charge in [-0.25, -0.2) is 14.2 Å². The van der Waals surface area contributed by atoms with Crippen LogP contribution in [0.25, 0.3) is 11.0 Å². The van der Waals surface area contributed by atoms with E-state index in [0.29, 0.717) is 5.69 Å². The molecule has 1 aliphatic carbocycles. The Labute approximate surface area is 156 Å². The van der Waals surface area contributed by atoms with Crippen LogP contribution in [-0.4, -0.2) is 25.7 Å². The van der Waals surface area contributed by atoms with Gasteiger partial charge in [0, 0.05) is 32.1 Å². The lowest BCUT2D eigenvalue weighted by molar-refractivity contribution is 0.0986. The van der Waals surface area contributed by atoms with E-state index < -0.39 is 28.6 Å². The SMILES string of the molecule is Cn1c(=O)c2c3c(cnc2n(C)c1=O)C(=O)C(Nc1ccc(F)cc1)=CC3=O. The number of pyridine rings is 1. The van der Waals surface area contributed by atoms with Crippen molar-refractivity contribution >= 4 is 28.3 Å². The van der Waals surface area contributed by atoms with Gasteiger partial charge in [-0.05, 0) is 24.3 Å². The van der Waals surface area contributed by atoms with Crippen molar-refractivity contribution in [2.24, 2.45) is 14.1 Å². The quantitative estimate of drug-likeness (QED) is 0.715. The highest BCUT2D eigenvalue weighted by molar-refractivity contribution is 6.28. The van der Waals surface area contributed by atoms with E-state index >= 15 is 0 Å². The molecule has 0 unspecified atom stereocenters. The maximum Gasteiger partial charge on any atom is 0.332 e. The molecule has 1 N–H and O–H groups in total. The molecule has 1 aromatic carbocycles. The minimum Gasteiger partial charge on any atom is -0.352 e. The van der Waals surface area contributed by atoms with Crippen molar-refractivity contribution in [2.45, 2.75) is 0 Å². The number of halogens is 1. The van der Waals surface area contributed by atoms with E-state index in [1.165, 1.54) is 44.6 Å². The van der Waals surface area contributed by atoms with Crippen LogP contribution in [0, 0.1) is 5.82 Å². The minimum absolute atomic E-state index is 0.0214. The molecule has 0 saturated carbocycles. The minimum atomic E-state index is -0.702. The molecule has 2 heterocycles. The first-order valence-electron chi connectivity index (χ1n) is 8.21. The number of aromatic nitrogens is 3. The fourth-order valence-electron chi connectivity index (χ4n) is 3.15. The second kappa shape index (κ2) is 6.08. The molecule has 3 aromatic rings. The Hall–Kier alpha value is -3.88. The van der Waals surface area contributed by atoms with E-state index in [-0.39, 0.29) is 27.9 Å². The topological polar surface area (TPSA) is 103 Å². The van der Waals surface area contributed by atoms with Crippen LogP contribution in [0.15, 0.2) is 51.8 Å². The standard InChI is InChI=1S/C19H13FN4O4/c1-23-17-15(18(27)24(2)19(23)28)14-11(8-21-17)16(26)12(7-13(14)25)22-10-5-3-9(20)4-6-10/h3-8,22H,1-2H3. The first-order chi connectivity index (χ1) is 13.3. The highest BCUT2D eigenvalue weighted by Crippen LogP contribution is 2.26. The predicted octanol–water partition coefficient (Wildman–Crippen LogP) is 1.15. The molecule has 9 heteroatoms. The summed E-state index contributed by atoms with van der Waals surface area (Å²) in [6.07, 6.45) is 2.26. The number of anilines is 1. The number of fused-ring (bicyclic) bond motifs is 3. The molecule has 0 fully saturated rings. The molecular formula is C19H13FN4O4. The summed E-state index contributed by atoms with van der Waals surface area (Å²) in [6, 6.07) is 5.28. The normalized spacial score (nSPS) is 13.5. The van der Waals surface area contributed by atoms with Crippen LogP contribution in [-0.2, 0) is 14.1 Å². The van der Waals surface area contributed by atoms with Gasteiger partial charge in [0.05, 0.1) is 22.2 Å².